The van der Waals surface area contributed by atoms with Crippen molar-refractivity contribution < 1.29 is 9.59 Å². The summed E-state index contributed by atoms with van der Waals surface area (Å²) in [5.74, 6) is -0.195. The molecule has 1 fully saturated rings. The number of nitrogens with one attached hydrogen (secondary N) is 1. The van der Waals surface area contributed by atoms with Crippen molar-refractivity contribution in [3.05, 3.63) is 47.0 Å². The van der Waals surface area contributed by atoms with E-state index in [1.807, 2.05) is 37.3 Å². The van der Waals surface area contributed by atoms with Crippen LogP contribution in [0.4, 0.5) is 0 Å². The van der Waals surface area contributed by atoms with E-state index in [4.69, 9.17) is 11.6 Å². The summed E-state index contributed by atoms with van der Waals surface area (Å²) in [5, 5.41) is 2.75. The monoisotopic (exact) mass is 292 g/mol. The smallest absolute Gasteiger partial charge is 0.246 e. The average molecular weight is 293 g/mol. The van der Waals surface area contributed by atoms with E-state index >= 15 is 0 Å². The number of rotatable bonds is 4. The Bertz CT molecular complexity index is 528. The van der Waals surface area contributed by atoms with Gasteiger partial charge in [-0.3, -0.25) is 9.59 Å². The van der Waals surface area contributed by atoms with Crippen molar-refractivity contribution in [2.24, 2.45) is 0 Å². The highest BCUT2D eigenvalue weighted by molar-refractivity contribution is 6.25. The van der Waals surface area contributed by atoms with Gasteiger partial charge in [0.15, 0.2) is 0 Å². The van der Waals surface area contributed by atoms with Crippen LogP contribution in [0.5, 0.6) is 0 Å². The fourth-order valence-electron chi connectivity index (χ4n) is 2.23. The Morgan fingerprint density at radius 3 is 2.75 bits per heavy atom. The summed E-state index contributed by atoms with van der Waals surface area (Å²) in [6.07, 6.45) is 0.506. The number of benzene rings is 1. The molecule has 1 N–H and O–H groups in total. The molecule has 1 aliphatic rings. The second-order valence-electron chi connectivity index (χ2n) is 4.96. The lowest BCUT2D eigenvalue weighted by molar-refractivity contribution is -0.143. The van der Waals surface area contributed by atoms with Gasteiger partial charge in [-0.2, -0.15) is 0 Å². The van der Waals surface area contributed by atoms with Gasteiger partial charge >= 0.3 is 0 Å². The third-order valence-electron chi connectivity index (χ3n) is 3.19. The first-order valence-corrected chi connectivity index (χ1v) is 6.91. The molecule has 0 saturated carbocycles. The number of nitrogens with zero attached hydrogens (tertiary/aromatic N) is 1. The molecule has 1 aromatic rings. The zero-order chi connectivity index (χ0) is 14.5. The molecule has 5 heteroatoms. The summed E-state index contributed by atoms with van der Waals surface area (Å²) in [7, 11) is 0. The molecule has 1 heterocycles. The van der Waals surface area contributed by atoms with E-state index in [-0.39, 0.29) is 18.4 Å². The minimum Gasteiger partial charge on any atom is -0.342 e. The van der Waals surface area contributed by atoms with Crippen molar-refractivity contribution in [3.8, 4) is 0 Å². The third-order valence-corrected chi connectivity index (χ3v) is 3.56. The summed E-state index contributed by atoms with van der Waals surface area (Å²) < 4.78 is 0. The molecule has 1 atom stereocenters. The van der Waals surface area contributed by atoms with E-state index in [9.17, 15) is 9.59 Å². The van der Waals surface area contributed by atoms with Gasteiger partial charge in [0, 0.05) is 18.5 Å². The van der Waals surface area contributed by atoms with Gasteiger partial charge < -0.3 is 10.2 Å². The van der Waals surface area contributed by atoms with Crippen LogP contribution in [-0.4, -0.2) is 35.8 Å². The molecule has 4 nitrogen and oxygen atoms in total. The zero-order valence-electron chi connectivity index (χ0n) is 11.3. The van der Waals surface area contributed by atoms with Crippen LogP contribution < -0.4 is 5.32 Å². The SMILES string of the molecule is C/C(=C/Cl)CN1CC(=O)NC(Cc2ccccc2)C1=O. The van der Waals surface area contributed by atoms with Crippen LogP contribution in [0, 0.1) is 0 Å². The summed E-state index contributed by atoms with van der Waals surface area (Å²) >= 11 is 5.62. The predicted octanol–water partition coefficient (Wildman–Crippen LogP) is 1.70. The number of halogens is 1. The first-order valence-electron chi connectivity index (χ1n) is 6.48. The number of amides is 2. The van der Waals surface area contributed by atoms with Crippen molar-refractivity contribution in [1.82, 2.24) is 10.2 Å². The number of hydrogen-bond donors (Lipinski definition) is 1. The van der Waals surface area contributed by atoms with Crippen molar-refractivity contribution in [1.29, 1.82) is 0 Å². The van der Waals surface area contributed by atoms with Crippen LogP contribution in [0.1, 0.15) is 12.5 Å². The van der Waals surface area contributed by atoms with Gasteiger partial charge in [-0.15, -0.1) is 0 Å². The molecule has 0 bridgehead atoms. The first-order chi connectivity index (χ1) is 9.60. The van der Waals surface area contributed by atoms with Crippen molar-refractivity contribution in [2.75, 3.05) is 13.1 Å². The lowest BCUT2D eigenvalue weighted by Crippen LogP contribution is -2.58. The molecule has 2 amide bonds. The average Bonchev–Trinajstić information content (AvgIpc) is 2.45. The van der Waals surface area contributed by atoms with Crippen LogP contribution in [0.2, 0.25) is 0 Å². The molecule has 0 aliphatic carbocycles. The lowest BCUT2D eigenvalue weighted by atomic mass is 10.0. The minimum absolute atomic E-state index is 0.0636. The Balaban J connectivity index is 2.09. The minimum atomic E-state index is -0.498. The summed E-state index contributed by atoms with van der Waals surface area (Å²) in [6, 6.07) is 9.16. The molecule has 106 valence electrons. The van der Waals surface area contributed by atoms with Crippen LogP contribution in [-0.2, 0) is 16.0 Å². The molecule has 1 aromatic carbocycles. The molecule has 2 rings (SSSR count). The molecule has 0 spiro atoms. The molecule has 1 aliphatic heterocycles. The predicted molar refractivity (Wildman–Crippen MR) is 78.3 cm³/mol. The Hall–Kier alpha value is -1.81. The van der Waals surface area contributed by atoms with E-state index in [1.54, 1.807) is 4.90 Å². The van der Waals surface area contributed by atoms with Gasteiger partial charge in [-0.1, -0.05) is 41.9 Å². The van der Waals surface area contributed by atoms with Gasteiger partial charge in [0.05, 0.1) is 6.54 Å². The van der Waals surface area contributed by atoms with E-state index in [2.05, 4.69) is 5.32 Å². The second-order valence-corrected chi connectivity index (χ2v) is 5.18. The highest BCUT2D eigenvalue weighted by atomic mass is 35.5. The van der Waals surface area contributed by atoms with Gasteiger partial charge in [0.2, 0.25) is 11.8 Å². The highest BCUT2D eigenvalue weighted by Gasteiger charge is 2.32. The second kappa shape index (κ2) is 6.57. The van der Waals surface area contributed by atoms with Crippen LogP contribution in [0.15, 0.2) is 41.4 Å². The molecule has 20 heavy (non-hydrogen) atoms. The normalized spacial score (nSPS) is 20.0. The van der Waals surface area contributed by atoms with Crippen LogP contribution in [0.25, 0.3) is 0 Å². The number of carbonyl (C=O) groups excluding carboxylic acids is 2. The van der Waals surface area contributed by atoms with Crippen molar-refractivity contribution in [2.45, 2.75) is 19.4 Å². The first kappa shape index (κ1) is 14.6. The van der Waals surface area contributed by atoms with Crippen molar-refractivity contribution in [3.63, 3.8) is 0 Å². The van der Waals surface area contributed by atoms with Crippen LogP contribution in [0.3, 0.4) is 0 Å². The summed E-state index contributed by atoms with van der Waals surface area (Å²) in [6.45, 7) is 2.31. The number of piperazine rings is 1. The standard InChI is InChI=1S/C15H17ClN2O2/c1-11(8-16)9-18-10-14(19)17-13(15(18)20)7-12-5-3-2-4-6-12/h2-6,8,13H,7,9-10H2,1H3,(H,17,19)/b11-8-. The summed E-state index contributed by atoms with van der Waals surface area (Å²) in [4.78, 5) is 25.6. The molecule has 0 radical (unpaired) electrons. The number of hydrogen-bond acceptors (Lipinski definition) is 2. The van der Waals surface area contributed by atoms with Gasteiger partial charge in [0.25, 0.3) is 0 Å². The van der Waals surface area contributed by atoms with E-state index < -0.39 is 6.04 Å². The topological polar surface area (TPSA) is 49.4 Å². The maximum Gasteiger partial charge on any atom is 0.246 e. The highest BCUT2D eigenvalue weighted by Crippen LogP contribution is 2.11. The fraction of sp³-hybridized carbons (Fsp3) is 0.333. The Labute approximate surface area is 123 Å². The van der Waals surface area contributed by atoms with E-state index in [0.29, 0.717) is 13.0 Å². The molecular formula is C15H17ClN2O2. The number of carbonyl (C=O) groups is 2. The third kappa shape index (κ3) is 3.61. The Morgan fingerprint density at radius 2 is 2.10 bits per heavy atom. The van der Waals surface area contributed by atoms with Gasteiger partial charge in [0.1, 0.15) is 6.04 Å². The largest absolute Gasteiger partial charge is 0.342 e. The lowest BCUT2D eigenvalue weighted by Gasteiger charge is -2.32. The Morgan fingerprint density at radius 1 is 1.40 bits per heavy atom. The van der Waals surface area contributed by atoms with Crippen molar-refractivity contribution >= 4 is 23.4 Å². The van der Waals surface area contributed by atoms with Crippen LogP contribution >= 0.6 is 11.6 Å². The molecular weight excluding hydrogens is 276 g/mol. The van der Waals surface area contributed by atoms with E-state index in [0.717, 1.165) is 11.1 Å². The quantitative estimate of drug-likeness (QED) is 0.918. The fourth-order valence-corrected chi connectivity index (χ4v) is 2.30. The molecule has 0 aromatic heterocycles. The van der Waals surface area contributed by atoms with Gasteiger partial charge in [-0.25, -0.2) is 0 Å². The van der Waals surface area contributed by atoms with Gasteiger partial charge in [-0.05, 0) is 18.1 Å². The maximum atomic E-state index is 12.4. The zero-order valence-corrected chi connectivity index (χ0v) is 12.1. The Kier molecular flexibility index (Phi) is 4.79. The van der Waals surface area contributed by atoms with E-state index in [1.165, 1.54) is 5.54 Å². The molecule has 1 unspecified atom stereocenters. The molecule has 1 saturated heterocycles. The summed E-state index contributed by atoms with van der Waals surface area (Å²) in [5.41, 5.74) is 3.32. The maximum absolute atomic E-state index is 12.4.